The molecule has 0 bridgehead atoms. The van der Waals surface area contributed by atoms with Crippen molar-refractivity contribution < 1.29 is 0 Å². The van der Waals surface area contributed by atoms with Crippen LogP contribution < -0.4 is 5.43 Å². The van der Waals surface area contributed by atoms with Crippen molar-refractivity contribution in [3.8, 4) is 11.1 Å². The van der Waals surface area contributed by atoms with E-state index in [1.54, 1.807) is 11.3 Å². The number of nitrogens with one attached hydrogen (secondary N) is 2. The van der Waals surface area contributed by atoms with Crippen molar-refractivity contribution in [1.82, 2.24) is 14.2 Å². The zero-order valence-electron chi connectivity index (χ0n) is 28.6. The first-order valence-corrected chi connectivity index (χ1v) is 17.8. The van der Waals surface area contributed by atoms with Gasteiger partial charge in [0.15, 0.2) is 0 Å². The maximum Gasteiger partial charge on any atom is 0.0888 e. The number of rotatable bonds is 6. The summed E-state index contributed by atoms with van der Waals surface area (Å²) in [5.41, 5.74) is 12.9. The van der Waals surface area contributed by atoms with Gasteiger partial charge in [0.25, 0.3) is 0 Å². The molecule has 0 radical (unpaired) electrons. The largest absolute Gasteiger partial charge is 0.341 e. The van der Waals surface area contributed by atoms with Gasteiger partial charge >= 0.3 is 0 Å². The Balaban J connectivity index is 0.000000948. The lowest BCUT2D eigenvalue weighted by Gasteiger charge is -2.09. The highest BCUT2D eigenvalue weighted by Gasteiger charge is 2.14. The fourth-order valence-electron chi connectivity index (χ4n) is 6.92. The minimum atomic E-state index is 0.436. The Labute approximate surface area is 295 Å². The third kappa shape index (κ3) is 5.44. The standard InChI is InChI=1S/C40H29N5S.C2H6.C2H4/c1-2-44-34-10-5-3-9-29(34)31-22-25(14-17-35(31)44)26-13-16-30-28-8-4-6-11-36(28)45(37(30)24-26)43-21-19-33(41)27-15-18-38-32(23-27)40-39(46-38)12-7-20-42-40;2*1-2/h3-24,41,43H,2H2,1H3;1-2H3;1-2H2/b21-19-,41-33?;;. The van der Waals surface area contributed by atoms with Crippen LogP contribution >= 0.6 is 11.3 Å². The maximum atomic E-state index is 8.85. The summed E-state index contributed by atoms with van der Waals surface area (Å²) in [6.45, 7) is 13.1. The molecule has 246 valence electrons. The van der Waals surface area contributed by atoms with Gasteiger partial charge in [0.05, 0.1) is 27.0 Å². The van der Waals surface area contributed by atoms with E-state index < -0.39 is 0 Å². The van der Waals surface area contributed by atoms with Crippen LogP contribution in [-0.4, -0.2) is 19.9 Å². The summed E-state index contributed by atoms with van der Waals surface area (Å²) in [5.74, 6) is 0. The average molecular weight is 670 g/mol. The Bertz CT molecular complexity index is 2710. The lowest BCUT2D eigenvalue weighted by Crippen LogP contribution is -2.08. The van der Waals surface area contributed by atoms with Crippen LogP contribution in [0.15, 0.2) is 147 Å². The molecule has 0 amide bonds. The molecule has 0 aliphatic carbocycles. The first kappa shape index (κ1) is 32.6. The molecule has 5 nitrogen and oxygen atoms in total. The summed E-state index contributed by atoms with van der Waals surface area (Å²) in [4.78, 5) is 4.59. The third-order valence-corrected chi connectivity index (χ3v) is 10.2. The van der Waals surface area contributed by atoms with Crippen LogP contribution in [0.4, 0.5) is 0 Å². The zero-order valence-corrected chi connectivity index (χ0v) is 29.4. The Hall–Kier alpha value is -5.98. The van der Waals surface area contributed by atoms with E-state index in [4.69, 9.17) is 5.41 Å². The van der Waals surface area contributed by atoms with Crippen LogP contribution in [0.25, 0.3) is 75.0 Å². The Morgan fingerprint density at radius 3 is 2.18 bits per heavy atom. The molecule has 0 fully saturated rings. The highest BCUT2D eigenvalue weighted by atomic mass is 32.1. The number of fused-ring (bicyclic) bond motifs is 9. The fraction of sp³-hybridized carbons (Fsp3) is 0.0909. The number of aryl methyl sites for hydroxylation is 1. The minimum absolute atomic E-state index is 0.436. The van der Waals surface area contributed by atoms with Gasteiger partial charge in [-0.25, -0.2) is 0 Å². The maximum absolute atomic E-state index is 8.85. The highest BCUT2D eigenvalue weighted by molar-refractivity contribution is 7.25. The molecule has 4 heterocycles. The van der Waals surface area contributed by atoms with E-state index in [0.717, 1.165) is 44.3 Å². The van der Waals surface area contributed by atoms with E-state index in [1.165, 1.54) is 42.8 Å². The second-order valence-electron chi connectivity index (χ2n) is 11.6. The van der Waals surface area contributed by atoms with Crippen LogP contribution in [0.1, 0.15) is 26.3 Å². The van der Waals surface area contributed by atoms with Crippen LogP contribution in [0.3, 0.4) is 0 Å². The lowest BCUT2D eigenvalue weighted by atomic mass is 10.0. The molecule has 0 unspecified atom stereocenters. The van der Waals surface area contributed by atoms with Gasteiger partial charge in [-0.2, -0.15) is 0 Å². The zero-order chi connectivity index (χ0) is 34.8. The molecule has 9 aromatic rings. The van der Waals surface area contributed by atoms with Crippen molar-refractivity contribution in [3.05, 3.63) is 152 Å². The molecule has 0 saturated heterocycles. The van der Waals surface area contributed by atoms with Crippen molar-refractivity contribution in [1.29, 1.82) is 5.41 Å². The summed E-state index contributed by atoms with van der Waals surface area (Å²) >= 11 is 1.73. The van der Waals surface area contributed by atoms with Gasteiger partial charge in [0.2, 0.25) is 0 Å². The Morgan fingerprint density at radius 2 is 1.38 bits per heavy atom. The molecule has 0 saturated carbocycles. The second kappa shape index (κ2) is 13.9. The monoisotopic (exact) mass is 669 g/mol. The lowest BCUT2D eigenvalue weighted by molar-refractivity contribution is 0.827. The van der Waals surface area contributed by atoms with Gasteiger partial charge in [-0.15, -0.1) is 24.5 Å². The molecule has 4 aromatic heterocycles. The van der Waals surface area contributed by atoms with Crippen molar-refractivity contribution in [2.45, 2.75) is 27.3 Å². The predicted octanol–water partition coefficient (Wildman–Crippen LogP) is 12.3. The molecule has 2 N–H and O–H groups in total. The average Bonchev–Trinajstić information content (AvgIpc) is 3.83. The summed E-state index contributed by atoms with van der Waals surface area (Å²) in [7, 11) is 0. The molecule has 0 atom stereocenters. The summed E-state index contributed by atoms with van der Waals surface area (Å²) in [5, 5.41) is 14.9. The molecule has 0 aliphatic rings. The Morgan fingerprint density at radius 1 is 0.700 bits per heavy atom. The molecule has 0 aliphatic heterocycles. The number of benzene rings is 5. The number of thiophene rings is 1. The SMILES string of the molecule is C=C.CC.CCn1c2ccccc2c2cc(-c3ccc4c5ccccc5n(N/C=C\C(=N)c5ccc6sc7cccnc7c6c5)c4c3)ccc21. The second-order valence-corrected chi connectivity index (χ2v) is 12.7. The van der Waals surface area contributed by atoms with Crippen molar-refractivity contribution >= 4 is 81.0 Å². The topological polar surface area (TPSA) is 58.6 Å². The van der Waals surface area contributed by atoms with Crippen LogP contribution in [0.2, 0.25) is 0 Å². The molecule has 0 spiro atoms. The fourth-order valence-corrected chi connectivity index (χ4v) is 7.96. The number of hydrogen-bond acceptors (Lipinski definition) is 4. The Kier molecular flexibility index (Phi) is 9.03. The molecular formula is C44H39N5S. The molecule has 50 heavy (non-hydrogen) atoms. The number of para-hydroxylation sites is 2. The van der Waals surface area contributed by atoms with Crippen LogP contribution in [-0.2, 0) is 6.54 Å². The smallest absolute Gasteiger partial charge is 0.0888 e. The van der Waals surface area contributed by atoms with Gasteiger partial charge in [0.1, 0.15) is 0 Å². The number of aromatic nitrogens is 3. The third-order valence-electron chi connectivity index (χ3n) is 9.09. The van der Waals surface area contributed by atoms with Gasteiger partial charge in [0, 0.05) is 67.2 Å². The normalized spacial score (nSPS) is 11.3. The van der Waals surface area contributed by atoms with E-state index >= 15 is 0 Å². The highest BCUT2D eigenvalue weighted by Crippen LogP contribution is 2.36. The molecule has 6 heteroatoms. The molecular weight excluding hydrogens is 631 g/mol. The van der Waals surface area contributed by atoms with E-state index in [1.807, 2.05) is 44.5 Å². The van der Waals surface area contributed by atoms with E-state index in [9.17, 15) is 0 Å². The number of allylic oxidation sites excluding steroid dienone is 1. The summed E-state index contributed by atoms with van der Waals surface area (Å²) < 4.78 is 6.86. The minimum Gasteiger partial charge on any atom is -0.341 e. The van der Waals surface area contributed by atoms with Gasteiger partial charge in [-0.1, -0.05) is 74.5 Å². The van der Waals surface area contributed by atoms with Crippen LogP contribution in [0.5, 0.6) is 0 Å². The van der Waals surface area contributed by atoms with Gasteiger partial charge in [-0.05, 0) is 78.7 Å². The molecule has 9 rings (SSSR count). The van der Waals surface area contributed by atoms with Crippen molar-refractivity contribution in [2.24, 2.45) is 0 Å². The summed E-state index contributed by atoms with van der Waals surface area (Å²) in [6, 6.07) is 40.9. The van der Waals surface area contributed by atoms with Gasteiger partial charge in [-0.3, -0.25) is 9.66 Å². The van der Waals surface area contributed by atoms with Crippen molar-refractivity contribution in [3.63, 3.8) is 0 Å². The predicted molar refractivity (Wildman–Crippen MR) is 219 cm³/mol. The first-order chi connectivity index (χ1) is 24.7. The quantitative estimate of drug-likeness (QED) is 0.137. The molecule has 5 aromatic carbocycles. The van der Waals surface area contributed by atoms with Crippen LogP contribution in [0, 0.1) is 5.41 Å². The number of pyridine rings is 1. The van der Waals surface area contributed by atoms with Gasteiger partial charge < -0.3 is 15.4 Å². The van der Waals surface area contributed by atoms with E-state index in [0.29, 0.717) is 5.71 Å². The summed E-state index contributed by atoms with van der Waals surface area (Å²) in [6.07, 6.45) is 5.52. The van der Waals surface area contributed by atoms with E-state index in [-0.39, 0.29) is 0 Å². The number of nitrogens with zero attached hydrogens (tertiary/aromatic N) is 3. The number of hydrogen-bond donors (Lipinski definition) is 2. The van der Waals surface area contributed by atoms with E-state index in [2.05, 4.69) is 143 Å². The first-order valence-electron chi connectivity index (χ1n) is 17.0. The van der Waals surface area contributed by atoms with Crippen molar-refractivity contribution in [2.75, 3.05) is 5.43 Å².